The summed E-state index contributed by atoms with van der Waals surface area (Å²) in [5.41, 5.74) is 0. The quantitative estimate of drug-likeness (QED) is 0.806. The van der Waals surface area contributed by atoms with Crippen molar-refractivity contribution in [2.45, 2.75) is 31.7 Å². The van der Waals surface area contributed by atoms with Crippen LogP contribution in [0.5, 0.6) is 10.8 Å². The molecule has 0 amide bonds. The first-order chi connectivity index (χ1) is 7.92. The number of hydrogen-bond acceptors (Lipinski definition) is 3. The molecule has 0 unspecified atom stereocenters. The van der Waals surface area contributed by atoms with Gasteiger partial charge in [-0.2, -0.15) is 5.10 Å². The van der Waals surface area contributed by atoms with Gasteiger partial charge in [0.2, 0.25) is 0 Å². The summed E-state index contributed by atoms with van der Waals surface area (Å²) in [7, 11) is 0. The Labute approximate surface area is 98.7 Å². The molecule has 2 aromatic rings. The molecule has 0 saturated heterocycles. The molecule has 1 fully saturated rings. The third kappa shape index (κ3) is 1.97. The Balaban J connectivity index is 1.72. The Bertz CT molecular complexity index is 443. The summed E-state index contributed by atoms with van der Waals surface area (Å²) < 4.78 is 7.75. The van der Waals surface area contributed by atoms with Crippen LogP contribution in [0.15, 0.2) is 29.9 Å². The second kappa shape index (κ2) is 4.29. The predicted molar refractivity (Wildman–Crippen MR) is 64.1 cm³/mol. The molecule has 0 N–H and O–H groups in total. The van der Waals surface area contributed by atoms with Crippen molar-refractivity contribution in [2.24, 2.45) is 0 Å². The molecule has 1 aliphatic carbocycles. The van der Waals surface area contributed by atoms with Gasteiger partial charge < -0.3 is 4.74 Å². The number of aromatic nitrogens is 2. The van der Waals surface area contributed by atoms with Crippen molar-refractivity contribution < 1.29 is 4.74 Å². The molecule has 84 valence electrons. The van der Waals surface area contributed by atoms with Crippen LogP contribution in [0.4, 0.5) is 0 Å². The minimum Gasteiger partial charge on any atom is -0.443 e. The van der Waals surface area contributed by atoms with E-state index in [0.29, 0.717) is 6.04 Å². The summed E-state index contributed by atoms with van der Waals surface area (Å²) in [5, 5.41) is 7.31. The highest BCUT2D eigenvalue weighted by atomic mass is 32.1. The number of thiophene rings is 1. The smallest absolute Gasteiger partial charge is 0.181 e. The zero-order chi connectivity index (χ0) is 10.8. The van der Waals surface area contributed by atoms with Crippen LogP contribution in [0.25, 0.3) is 0 Å². The molecule has 0 aromatic carbocycles. The van der Waals surface area contributed by atoms with Gasteiger partial charge in [-0.1, -0.05) is 12.8 Å². The van der Waals surface area contributed by atoms with Crippen molar-refractivity contribution in [1.82, 2.24) is 9.78 Å². The van der Waals surface area contributed by atoms with E-state index >= 15 is 0 Å². The van der Waals surface area contributed by atoms with Crippen LogP contribution < -0.4 is 4.74 Å². The maximum atomic E-state index is 5.69. The number of ether oxygens (including phenoxy) is 1. The molecule has 3 rings (SSSR count). The van der Waals surface area contributed by atoms with E-state index in [2.05, 4.69) is 9.78 Å². The Morgan fingerprint density at radius 1 is 1.38 bits per heavy atom. The van der Waals surface area contributed by atoms with E-state index in [9.17, 15) is 0 Å². The summed E-state index contributed by atoms with van der Waals surface area (Å²) in [6.07, 6.45) is 8.96. The average Bonchev–Trinajstić information content (AvgIpc) is 2.99. The normalized spacial score (nSPS) is 16.8. The third-order valence-corrected chi connectivity index (χ3v) is 3.74. The topological polar surface area (TPSA) is 27.1 Å². The Morgan fingerprint density at radius 2 is 2.25 bits per heavy atom. The molecule has 4 heteroatoms. The fourth-order valence-electron chi connectivity index (χ4n) is 2.18. The minimum absolute atomic E-state index is 0.584. The first-order valence-corrected chi connectivity index (χ1v) is 6.55. The van der Waals surface area contributed by atoms with Gasteiger partial charge in [-0.05, 0) is 30.4 Å². The van der Waals surface area contributed by atoms with Crippen LogP contribution in [0.2, 0.25) is 0 Å². The maximum Gasteiger partial charge on any atom is 0.181 e. The van der Waals surface area contributed by atoms with E-state index < -0.39 is 0 Å². The Morgan fingerprint density at radius 3 is 3.00 bits per heavy atom. The molecule has 1 saturated carbocycles. The average molecular weight is 234 g/mol. The fourth-order valence-corrected chi connectivity index (χ4v) is 2.77. The zero-order valence-electron chi connectivity index (χ0n) is 9.00. The molecule has 2 heterocycles. The molecule has 0 aliphatic heterocycles. The van der Waals surface area contributed by atoms with E-state index in [4.69, 9.17) is 4.74 Å². The highest BCUT2D eigenvalue weighted by Crippen LogP contribution is 2.31. The predicted octanol–water partition coefficient (Wildman–Crippen LogP) is 3.85. The lowest BCUT2D eigenvalue weighted by molar-refractivity contribution is 0.459. The van der Waals surface area contributed by atoms with Crippen LogP contribution in [0.1, 0.15) is 31.7 Å². The second-order valence-electron chi connectivity index (χ2n) is 4.13. The summed E-state index contributed by atoms with van der Waals surface area (Å²) in [6.45, 7) is 0. The van der Waals surface area contributed by atoms with Crippen LogP contribution in [0.3, 0.4) is 0 Å². The van der Waals surface area contributed by atoms with Crippen molar-refractivity contribution in [2.75, 3.05) is 0 Å². The van der Waals surface area contributed by atoms with E-state index in [1.165, 1.54) is 25.7 Å². The largest absolute Gasteiger partial charge is 0.443 e. The number of nitrogens with zero attached hydrogens (tertiary/aromatic N) is 2. The van der Waals surface area contributed by atoms with Gasteiger partial charge in [-0.3, -0.25) is 4.68 Å². The monoisotopic (exact) mass is 234 g/mol. The van der Waals surface area contributed by atoms with E-state index in [1.54, 1.807) is 17.5 Å². The van der Waals surface area contributed by atoms with Crippen molar-refractivity contribution in [1.29, 1.82) is 0 Å². The molecule has 0 atom stereocenters. The maximum absolute atomic E-state index is 5.69. The van der Waals surface area contributed by atoms with Gasteiger partial charge in [0.25, 0.3) is 0 Å². The fraction of sp³-hybridized carbons (Fsp3) is 0.417. The zero-order valence-corrected chi connectivity index (χ0v) is 9.82. The van der Waals surface area contributed by atoms with Gasteiger partial charge in [-0.15, -0.1) is 11.3 Å². The molecular formula is C12H14N2OS. The molecule has 0 radical (unpaired) electrons. The summed E-state index contributed by atoms with van der Waals surface area (Å²) in [6, 6.07) is 4.54. The summed E-state index contributed by atoms with van der Waals surface area (Å²) in [5.74, 6) is 0.842. The van der Waals surface area contributed by atoms with Crippen LogP contribution in [-0.4, -0.2) is 9.78 Å². The second-order valence-corrected chi connectivity index (χ2v) is 5.04. The van der Waals surface area contributed by atoms with Gasteiger partial charge in [0, 0.05) is 0 Å². The number of rotatable bonds is 3. The minimum atomic E-state index is 0.584. The van der Waals surface area contributed by atoms with E-state index in [0.717, 1.165) is 10.8 Å². The highest BCUT2D eigenvalue weighted by Gasteiger charge is 2.17. The van der Waals surface area contributed by atoms with Crippen molar-refractivity contribution in [3.8, 4) is 10.8 Å². The van der Waals surface area contributed by atoms with Crippen molar-refractivity contribution >= 4 is 11.3 Å². The first kappa shape index (κ1) is 9.90. The standard InChI is InChI=1S/C12H14N2OS/c1-2-5-10(4-1)14-9-11(8-13-14)15-12-6-3-7-16-12/h3,6-10H,1-2,4-5H2. The van der Waals surface area contributed by atoms with Gasteiger partial charge in [-0.25, -0.2) is 0 Å². The third-order valence-electron chi connectivity index (χ3n) is 2.99. The van der Waals surface area contributed by atoms with Gasteiger partial charge >= 0.3 is 0 Å². The lowest BCUT2D eigenvalue weighted by atomic mass is 10.3. The summed E-state index contributed by atoms with van der Waals surface area (Å²) in [4.78, 5) is 0. The molecule has 1 aliphatic rings. The summed E-state index contributed by atoms with van der Waals surface area (Å²) >= 11 is 1.60. The Hall–Kier alpha value is -1.29. The van der Waals surface area contributed by atoms with Crippen LogP contribution in [0, 0.1) is 0 Å². The van der Waals surface area contributed by atoms with Gasteiger partial charge in [0.05, 0.1) is 18.4 Å². The lowest BCUT2D eigenvalue weighted by Crippen LogP contribution is -2.04. The SMILES string of the molecule is c1csc(Oc2cnn(C3CCCC3)c2)c1. The Kier molecular flexibility index (Phi) is 2.66. The van der Waals surface area contributed by atoms with Crippen molar-refractivity contribution in [3.63, 3.8) is 0 Å². The van der Waals surface area contributed by atoms with Crippen LogP contribution >= 0.6 is 11.3 Å². The van der Waals surface area contributed by atoms with Crippen LogP contribution in [-0.2, 0) is 0 Å². The molecule has 16 heavy (non-hydrogen) atoms. The van der Waals surface area contributed by atoms with Crippen molar-refractivity contribution in [3.05, 3.63) is 29.9 Å². The van der Waals surface area contributed by atoms with E-state index in [1.807, 2.05) is 23.7 Å². The molecule has 0 spiro atoms. The molecule has 2 aromatic heterocycles. The lowest BCUT2D eigenvalue weighted by Gasteiger charge is -2.08. The molecule has 3 nitrogen and oxygen atoms in total. The van der Waals surface area contributed by atoms with Gasteiger partial charge in [0.15, 0.2) is 10.8 Å². The highest BCUT2D eigenvalue weighted by molar-refractivity contribution is 7.11. The molecular weight excluding hydrogens is 220 g/mol. The number of hydrogen-bond donors (Lipinski definition) is 0. The van der Waals surface area contributed by atoms with E-state index in [-0.39, 0.29) is 0 Å². The van der Waals surface area contributed by atoms with Gasteiger partial charge in [0.1, 0.15) is 0 Å². The first-order valence-electron chi connectivity index (χ1n) is 5.67. The molecule has 0 bridgehead atoms.